The summed E-state index contributed by atoms with van der Waals surface area (Å²) in [5.41, 5.74) is -0.482. The Morgan fingerprint density at radius 2 is 1.81 bits per heavy atom. The van der Waals surface area contributed by atoms with Gasteiger partial charge in [0.2, 0.25) is 0 Å². The predicted molar refractivity (Wildman–Crippen MR) is 82.2 cm³/mol. The molecule has 0 spiro atoms. The molecule has 1 aliphatic heterocycles. The quantitative estimate of drug-likeness (QED) is 0.736. The maximum absolute atomic E-state index is 12.5. The highest BCUT2D eigenvalue weighted by Gasteiger charge is 2.38. The summed E-state index contributed by atoms with van der Waals surface area (Å²) in [4.78, 5) is 26.7. The van der Waals surface area contributed by atoms with Gasteiger partial charge in [0, 0.05) is 24.9 Å². The number of ether oxygens (including phenoxy) is 1. The third-order valence-electron chi connectivity index (χ3n) is 4.49. The zero-order chi connectivity index (χ0) is 15.5. The molecule has 0 aromatic rings. The molecule has 0 aromatic carbocycles. The van der Waals surface area contributed by atoms with Gasteiger partial charge in [0.25, 0.3) is 0 Å². The fraction of sp³-hybridized carbons (Fsp3) is 0.882. The SMILES string of the molecule is CC(C)(C)OC(=O)N1CCCCC[C@@H]1[C@@H]1CCCCC1=O. The van der Waals surface area contributed by atoms with Gasteiger partial charge in [0.15, 0.2) is 0 Å². The van der Waals surface area contributed by atoms with Crippen LogP contribution in [0.2, 0.25) is 0 Å². The summed E-state index contributed by atoms with van der Waals surface area (Å²) < 4.78 is 5.56. The summed E-state index contributed by atoms with van der Waals surface area (Å²) in [6.45, 7) is 6.40. The number of nitrogens with zero attached hydrogens (tertiary/aromatic N) is 1. The second kappa shape index (κ2) is 6.80. The summed E-state index contributed by atoms with van der Waals surface area (Å²) >= 11 is 0. The Bertz CT molecular complexity index is 386. The Labute approximate surface area is 128 Å². The second-order valence-corrected chi connectivity index (χ2v) is 7.41. The van der Waals surface area contributed by atoms with Crippen LogP contribution in [-0.4, -0.2) is 35.0 Å². The van der Waals surface area contributed by atoms with E-state index in [-0.39, 0.29) is 18.1 Å². The summed E-state index contributed by atoms with van der Waals surface area (Å²) in [5, 5.41) is 0. The number of rotatable bonds is 1. The molecular formula is C17H29NO3. The fourth-order valence-corrected chi connectivity index (χ4v) is 3.52. The molecule has 0 radical (unpaired) electrons. The van der Waals surface area contributed by atoms with Gasteiger partial charge in [-0.2, -0.15) is 0 Å². The molecule has 2 rings (SSSR count). The number of carbonyl (C=O) groups is 2. The molecule has 1 aliphatic carbocycles. The molecule has 1 saturated carbocycles. The van der Waals surface area contributed by atoms with Crippen LogP contribution in [0.3, 0.4) is 0 Å². The van der Waals surface area contributed by atoms with Crippen molar-refractivity contribution in [2.24, 2.45) is 5.92 Å². The summed E-state index contributed by atoms with van der Waals surface area (Å²) in [7, 11) is 0. The predicted octanol–water partition coefficient (Wildman–Crippen LogP) is 3.93. The number of amides is 1. The molecule has 2 aliphatic rings. The zero-order valence-corrected chi connectivity index (χ0v) is 13.7. The molecule has 0 unspecified atom stereocenters. The Morgan fingerprint density at radius 3 is 2.48 bits per heavy atom. The van der Waals surface area contributed by atoms with Crippen LogP contribution in [0.1, 0.15) is 72.1 Å². The van der Waals surface area contributed by atoms with E-state index in [0.717, 1.165) is 51.5 Å². The van der Waals surface area contributed by atoms with Gasteiger partial charge in [0.05, 0.1) is 0 Å². The van der Waals surface area contributed by atoms with Crippen molar-refractivity contribution in [3.05, 3.63) is 0 Å². The van der Waals surface area contributed by atoms with Gasteiger partial charge in [0.1, 0.15) is 11.4 Å². The van der Waals surface area contributed by atoms with Crippen molar-refractivity contribution < 1.29 is 14.3 Å². The number of likely N-dealkylation sites (tertiary alicyclic amines) is 1. The van der Waals surface area contributed by atoms with E-state index in [2.05, 4.69) is 0 Å². The Kier molecular flexibility index (Phi) is 5.28. The maximum Gasteiger partial charge on any atom is 0.410 e. The van der Waals surface area contributed by atoms with Crippen LogP contribution < -0.4 is 0 Å². The highest BCUT2D eigenvalue weighted by molar-refractivity contribution is 5.83. The first-order valence-corrected chi connectivity index (χ1v) is 8.41. The standard InChI is InChI=1S/C17H29NO3/c1-17(2,3)21-16(20)18-12-8-4-5-10-14(18)13-9-6-7-11-15(13)19/h13-14H,4-12H2,1-3H3/t13-,14+/m0/s1. The molecule has 0 N–H and O–H groups in total. The molecule has 4 nitrogen and oxygen atoms in total. The van der Waals surface area contributed by atoms with E-state index in [1.165, 1.54) is 0 Å². The van der Waals surface area contributed by atoms with E-state index >= 15 is 0 Å². The second-order valence-electron chi connectivity index (χ2n) is 7.41. The third kappa shape index (κ3) is 4.45. The van der Waals surface area contributed by atoms with Crippen LogP contribution in [-0.2, 0) is 9.53 Å². The van der Waals surface area contributed by atoms with E-state index in [4.69, 9.17) is 4.74 Å². The zero-order valence-electron chi connectivity index (χ0n) is 13.7. The Morgan fingerprint density at radius 1 is 1.10 bits per heavy atom. The molecule has 1 amide bonds. The molecule has 120 valence electrons. The normalized spacial score (nSPS) is 28.1. The first-order valence-electron chi connectivity index (χ1n) is 8.41. The van der Waals surface area contributed by atoms with Gasteiger partial charge in [-0.1, -0.05) is 19.3 Å². The summed E-state index contributed by atoms with van der Waals surface area (Å²) in [5.74, 6) is 0.381. The minimum absolute atomic E-state index is 0.0318. The highest BCUT2D eigenvalue weighted by atomic mass is 16.6. The molecular weight excluding hydrogens is 266 g/mol. The van der Waals surface area contributed by atoms with Crippen LogP contribution in [0.15, 0.2) is 0 Å². The van der Waals surface area contributed by atoms with Crippen molar-refractivity contribution in [2.75, 3.05) is 6.54 Å². The van der Waals surface area contributed by atoms with E-state index < -0.39 is 5.60 Å². The Balaban J connectivity index is 2.13. The van der Waals surface area contributed by atoms with Crippen molar-refractivity contribution >= 4 is 11.9 Å². The van der Waals surface area contributed by atoms with Gasteiger partial charge >= 0.3 is 6.09 Å². The number of Topliss-reactive ketones (excluding diaryl/α,β-unsaturated/α-hetero) is 1. The van der Waals surface area contributed by atoms with Crippen molar-refractivity contribution in [3.63, 3.8) is 0 Å². The van der Waals surface area contributed by atoms with E-state index in [0.29, 0.717) is 12.2 Å². The molecule has 1 heterocycles. The van der Waals surface area contributed by atoms with E-state index in [9.17, 15) is 9.59 Å². The van der Waals surface area contributed by atoms with Crippen molar-refractivity contribution in [3.8, 4) is 0 Å². The largest absolute Gasteiger partial charge is 0.444 e. The lowest BCUT2D eigenvalue weighted by Crippen LogP contribution is -2.49. The van der Waals surface area contributed by atoms with Gasteiger partial charge in [-0.3, -0.25) is 4.79 Å². The van der Waals surface area contributed by atoms with Crippen LogP contribution >= 0.6 is 0 Å². The summed E-state index contributed by atoms with van der Waals surface area (Å²) in [6.07, 6.45) is 7.68. The smallest absolute Gasteiger partial charge is 0.410 e. The summed E-state index contributed by atoms with van der Waals surface area (Å²) in [6, 6.07) is 0.0511. The molecule has 2 atom stereocenters. The molecule has 2 fully saturated rings. The van der Waals surface area contributed by atoms with Crippen LogP contribution in [0.25, 0.3) is 0 Å². The average molecular weight is 295 g/mol. The average Bonchev–Trinajstić information content (AvgIpc) is 2.63. The highest BCUT2D eigenvalue weighted by Crippen LogP contribution is 2.32. The monoisotopic (exact) mass is 295 g/mol. The molecule has 4 heteroatoms. The molecule has 0 bridgehead atoms. The number of hydrogen-bond acceptors (Lipinski definition) is 3. The van der Waals surface area contributed by atoms with Gasteiger partial charge in [-0.15, -0.1) is 0 Å². The van der Waals surface area contributed by atoms with E-state index in [1.807, 2.05) is 25.7 Å². The number of ketones is 1. The van der Waals surface area contributed by atoms with Gasteiger partial charge in [-0.25, -0.2) is 4.79 Å². The lowest BCUT2D eigenvalue weighted by molar-refractivity contribution is -0.127. The topological polar surface area (TPSA) is 46.6 Å². The van der Waals surface area contributed by atoms with Gasteiger partial charge < -0.3 is 9.64 Å². The number of hydrogen-bond donors (Lipinski definition) is 0. The van der Waals surface area contributed by atoms with Crippen molar-refractivity contribution in [1.29, 1.82) is 0 Å². The first-order chi connectivity index (χ1) is 9.88. The number of carbonyl (C=O) groups excluding carboxylic acids is 2. The maximum atomic E-state index is 12.5. The van der Waals surface area contributed by atoms with Crippen LogP contribution in [0.5, 0.6) is 0 Å². The Hall–Kier alpha value is -1.06. The lowest BCUT2D eigenvalue weighted by atomic mass is 9.80. The lowest BCUT2D eigenvalue weighted by Gasteiger charge is -2.37. The molecule has 1 saturated heterocycles. The minimum atomic E-state index is -0.482. The van der Waals surface area contributed by atoms with Crippen molar-refractivity contribution in [2.45, 2.75) is 83.8 Å². The van der Waals surface area contributed by atoms with Crippen molar-refractivity contribution in [1.82, 2.24) is 4.90 Å². The third-order valence-corrected chi connectivity index (χ3v) is 4.49. The first kappa shape index (κ1) is 16.3. The fourth-order valence-electron chi connectivity index (χ4n) is 3.52. The van der Waals surface area contributed by atoms with Crippen LogP contribution in [0.4, 0.5) is 4.79 Å². The van der Waals surface area contributed by atoms with Crippen LogP contribution in [0, 0.1) is 5.92 Å². The molecule has 0 aromatic heterocycles. The van der Waals surface area contributed by atoms with E-state index in [1.54, 1.807) is 0 Å². The minimum Gasteiger partial charge on any atom is -0.444 e. The van der Waals surface area contributed by atoms with Gasteiger partial charge in [-0.05, 0) is 46.5 Å². The molecule has 21 heavy (non-hydrogen) atoms.